The minimum absolute atomic E-state index is 0.178. The highest BCUT2D eigenvalue weighted by Crippen LogP contribution is 2.30. The van der Waals surface area contributed by atoms with Crippen molar-refractivity contribution in [3.63, 3.8) is 0 Å². The number of carbonyl (C=O) groups is 2. The lowest BCUT2D eigenvalue weighted by atomic mass is 10.1. The molecule has 0 aromatic heterocycles. The maximum absolute atomic E-state index is 12.9. The Morgan fingerprint density at radius 3 is 2.32 bits per heavy atom. The summed E-state index contributed by atoms with van der Waals surface area (Å²) in [7, 11) is 0. The van der Waals surface area contributed by atoms with Crippen molar-refractivity contribution < 1.29 is 14.0 Å². The lowest BCUT2D eigenvalue weighted by Crippen LogP contribution is -2.31. The van der Waals surface area contributed by atoms with E-state index in [1.54, 1.807) is 12.1 Å². The normalized spacial score (nSPS) is 18.0. The molecule has 112 valence electrons. The lowest BCUT2D eigenvalue weighted by molar-refractivity contribution is -0.127. The molecular formula is C17H14FNO2S. The summed E-state index contributed by atoms with van der Waals surface area (Å²) in [6.45, 7) is 0.297. The minimum Gasteiger partial charge on any atom is -0.273 e. The highest BCUT2D eigenvalue weighted by atomic mass is 32.2. The molecule has 0 aliphatic carbocycles. The Labute approximate surface area is 132 Å². The Bertz CT molecular complexity index is 688. The summed E-state index contributed by atoms with van der Waals surface area (Å²) in [5.41, 5.74) is 1.77. The molecule has 0 bridgehead atoms. The monoisotopic (exact) mass is 315 g/mol. The molecule has 1 aliphatic rings. The predicted octanol–water partition coefficient (Wildman–Crippen LogP) is 3.63. The average Bonchev–Trinajstić information content (AvgIpc) is 2.78. The van der Waals surface area contributed by atoms with Crippen LogP contribution in [0.3, 0.4) is 0 Å². The summed E-state index contributed by atoms with van der Waals surface area (Å²) in [5, 5.41) is -0.650. The van der Waals surface area contributed by atoms with E-state index in [9.17, 15) is 14.0 Å². The summed E-state index contributed by atoms with van der Waals surface area (Å²) in [6, 6.07) is 15.4. The second kappa shape index (κ2) is 6.32. The number of nitrogens with zero attached hydrogens (tertiary/aromatic N) is 1. The molecule has 3 rings (SSSR count). The molecule has 22 heavy (non-hydrogen) atoms. The third-order valence-corrected chi connectivity index (χ3v) is 4.60. The van der Waals surface area contributed by atoms with Gasteiger partial charge in [0.05, 0.1) is 11.8 Å². The van der Waals surface area contributed by atoms with Crippen LogP contribution >= 0.6 is 11.8 Å². The molecule has 0 unspecified atom stereocenters. The first-order valence-electron chi connectivity index (χ1n) is 6.94. The van der Waals surface area contributed by atoms with E-state index in [2.05, 4.69) is 0 Å². The van der Waals surface area contributed by atoms with Gasteiger partial charge in [-0.3, -0.25) is 14.5 Å². The van der Waals surface area contributed by atoms with Crippen LogP contribution in [0.15, 0.2) is 54.6 Å². The molecule has 3 nitrogen and oxygen atoms in total. The molecule has 1 fully saturated rings. The average molecular weight is 315 g/mol. The van der Waals surface area contributed by atoms with E-state index in [0.717, 1.165) is 22.9 Å². The molecule has 1 heterocycles. The number of carbonyl (C=O) groups excluding carboxylic acids is 2. The Balaban J connectivity index is 1.70. The van der Waals surface area contributed by atoms with E-state index < -0.39 is 5.25 Å². The molecule has 0 saturated carbocycles. The maximum atomic E-state index is 12.9. The molecule has 2 aromatic rings. The van der Waals surface area contributed by atoms with Gasteiger partial charge in [0.2, 0.25) is 5.91 Å². The fraction of sp³-hybridized carbons (Fsp3) is 0.176. The van der Waals surface area contributed by atoms with Gasteiger partial charge < -0.3 is 0 Å². The van der Waals surface area contributed by atoms with Gasteiger partial charge in [0.15, 0.2) is 0 Å². The molecule has 0 N–H and O–H groups in total. The van der Waals surface area contributed by atoms with Gasteiger partial charge in [0, 0.05) is 0 Å². The first kappa shape index (κ1) is 14.8. The van der Waals surface area contributed by atoms with Gasteiger partial charge in [-0.15, -0.1) is 0 Å². The van der Waals surface area contributed by atoms with Crippen molar-refractivity contribution in [2.45, 2.75) is 18.2 Å². The molecule has 5 heteroatoms. The number of thioether (sulfide) groups is 1. The third kappa shape index (κ3) is 3.20. The van der Waals surface area contributed by atoms with E-state index in [1.165, 1.54) is 17.0 Å². The lowest BCUT2D eigenvalue weighted by Gasteiger charge is -2.14. The Kier molecular flexibility index (Phi) is 4.24. The third-order valence-electron chi connectivity index (χ3n) is 3.52. The fourth-order valence-corrected chi connectivity index (χ4v) is 3.40. The number of halogens is 1. The van der Waals surface area contributed by atoms with Crippen LogP contribution < -0.4 is 0 Å². The van der Waals surface area contributed by atoms with Crippen LogP contribution in [0.25, 0.3) is 0 Å². The van der Waals surface area contributed by atoms with Crippen LogP contribution in [-0.2, 0) is 17.8 Å². The number of benzene rings is 2. The molecule has 1 saturated heterocycles. The van der Waals surface area contributed by atoms with Gasteiger partial charge in [0.1, 0.15) is 5.82 Å². The van der Waals surface area contributed by atoms with Crippen molar-refractivity contribution in [3.8, 4) is 0 Å². The van der Waals surface area contributed by atoms with Crippen molar-refractivity contribution in [2.75, 3.05) is 0 Å². The summed E-state index contributed by atoms with van der Waals surface area (Å²) in [5.74, 6) is -0.487. The van der Waals surface area contributed by atoms with Crippen molar-refractivity contribution in [1.82, 2.24) is 4.90 Å². The van der Waals surface area contributed by atoms with Gasteiger partial charge in [-0.05, 0) is 29.7 Å². The zero-order valence-corrected chi connectivity index (χ0v) is 12.6. The summed E-state index contributed by atoms with van der Waals surface area (Å²) in [6.07, 6.45) is 0.431. The Morgan fingerprint density at radius 1 is 0.955 bits per heavy atom. The summed E-state index contributed by atoms with van der Waals surface area (Å²) in [4.78, 5) is 25.7. The van der Waals surface area contributed by atoms with Crippen molar-refractivity contribution in [3.05, 3.63) is 71.5 Å². The van der Waals surface area contributed by atoms with E-state index >= 15 is 0 Å². The molecule has 1 aliphatic heterocycles. The second-order valence-corrected chi connectivity index (χ2v) is 6.27. The Hall–Kier alpha value is -2.14. The number of rotatable bonds is 4. The first-order valence-corrected chi connectivity index (χ1v) is 7.82. The first-order chi connectivity index (χ1) is 10.6. The second-order valence-electron chi connectivity index (χ2n) is 5.11. The number of hydrogen-bond donors (Lipinski definition) is 0. The highest BCUT2D eigenvalue weighted by molar-refractivity contribution is 8.15. The van der Waals surface area contributed by atoms with Crippen LogP contribution in [-0.4, -0.2) is 21.3 Å². The van der Waals surface area contributed by atoms with Crippen molar-refractivity contribution in [2.24, 2.45) is 0 Å². The van der Waals surface area contributed by atoms with Crippen LogP contribution in [0.1, 0.15) is 11.1 Å². The Morgan fingerprint density at radius 2 is 1.64 bits per heavy atom. The number of amides is 2. The molecule has 0 radical (unpaired) electrons. The van der Waals surface area contributed by atoms with Gasteiger partial charge >= 0.3 is 0 Å². The zero-order valence-electron chi connectivity index (χ0n) is 11.7. The molecule has 2 aromatic carbocycles. The SMILES string of the molecule is O=C1S[C@@H](Cc2ccc(F)cc2)C(=O)N1Cc1ccccc1. The van der Waals surface area contributed by atoms with Crippen LogP contribution in [0, 0.1) is 5.82 Å². The zero-order chi connectivity index (χ0) is 15.5. The smallest absolute Gasteiger partial charge is 0.273 e. The highest BCUT2D eigenvalue weighted by Gasteiger charge is 2.39. The van der Waals surface area contributed by atoms with Crippen LogP contribution in [0.5, 0.6) is 0 Å². The van der Waals surface area contributed by atoms with Gasteiger partial charge in [-0.25, -0.2) is 4.39 Å². The molecule has 0 spiro atoms. The maximum Gasteiger partial charge on any atom is 0.289 e. The number of imide groups is 1. The van der Waals surface area contributed by atoms with Gasteiger partial charge in [-0.2, -0.15) is 0 Å². The standard InChI is InChI=1S/C17H14FNO2S/c18-14-8-6-12(7-9-14)10-15-16(20)19(17(21)22-15)11-13-4-2-1-3-5-13/h1-9,15H,10-11H2/t15-/m0/s1. The van der Waals surface area contributed by atoms with E-state index in [-0.39, 0.29) is 17.0 Å². The number of hydrogen-bond acceptors (Lipinski definition) is 3. The summed E-state index contributed by atoms with van der Waals surface area (Å²) >= 11 is 1.04. The molecular weight excluding hydrogens is 301 g/mol. The van der Waals surface area contributed by atoms with Crippen LogP contribution in [0.2, 0.25) is 0 Å². The van der Waals surface area contributed by atoms with E-state index in [0.29, 0.717) is 13.0 Å². The van der Waals surface area contributed by atoms with E-state index in [4.69, 9.17) is 0 Å². The largest absolute Gasteiger partial charge is 0.289 e. The fourth-order valence-electron chi connectivity index (χ4n) is 2.37. The van der Waals surface area contributed by atoms with E-state index in [1.807, 2.05) is 30.3 Å². The quantitative estimate of drug-likeness (QED) is 0.864. The molecule has 1 atom stereocenters. The van der Waals surface area contributed by atoms with Crippen molar-refractivity contribution >= 4 is 22.9 Å². The predicted molar refractivity (Wildman–Crippen MR) is 83.9 cm³/mol. The summed E-state index contributed by atoms with van der Waals surface area (Å²) < 4.78 is 12.9. The van der Waals surface area contributed by atoms with Crippen molar-refractivity contribution in [1.29, 1.82) is 0 Å². The minimum atomic E-state index is -0.429. The van der Waals surface area contributed by atoms with Gasteiger partial charge in [-0.1, -0.05) is 54.2 Å². The topological polar surface area (TPSA) is 37.4 Å². The van der Waals surface area contributed by atoms with Gasteiger partial charge in [0.25, 0.3) is 5.24 Å². The van der Waals surface area contributed by atoms with Crippen LogP contribution in [0.4, 0.5) is 9.18 Å². The molecule has 2 amide bonds.